The first-order valence-electron chi connectivity index (χ1n) is 8.15. The van der Waals surface area contributed by atoms with E-state index in [9.17, 15) is 5.11 Å². The van der Waals surface area contributed by atoms with E-state index in [2.05, 4.69) is 21.0 Å². The molecule has 120 valence electrons. The fourth-order valence-electron chi connectivity index (χ4n) is 2.57. The van der Waals surface area contributed by atoms with Crippen molar-refractivity contribution in [2.24, 2.45) is 0 Å². The van der Waals surface area contributed by atoms with Crippen LogP contribution in [0.25, 0.3) is 0 Å². The van der Waals surface area contributed by atoms with E-state index in [0.29, 0.717) is 13.2 Å². The van der Waals surface area contributed by atoms with Crippen LogP contribution in [0.15, 0.2) is 30.3 Å². The summed E-state index contributed by atoms with van der Waals surface area (Å²) in [5.41, 5.74) is 1.15. The monoisotopic (exact) mass is 294 g/mol. The van der Waals surface area contributed by atoms with Crippen molar-refractivity contribution in [3.05, 3.63) is 35.9 Å². The summed E-state index contributed by atoms with van der Waals surface area (Å²) in [5.74, 6) is 0. The maximum atomic E-state index is 10.1. The van der Waals surface area contributed by atoms with Gasteiger partial charge >= 0.3 is 0 Å². The summed E-state index contributed by atoms with van der Waals surface area (Å²) in [7, 11) is 4.37. The van der Waals surface area contributed by atoms with Crippen molar-refractivity contribution in [1.82, 2.24) is 0 Å². The van der Waals surface area contributed by atoms with Crippen molar-refractivity contribution in [2.45, 2.75) is 45.3 Å². The molecular weight excluding hydrogens is 262 g/mol. The molecule has 1 rings (SSSR count). The molecule has 1 unspecified atom stereocenters. The van der Waals surface area contributed by atoms with Gasteiger partial charge in [-0.1, -0.05) is 50.1 Å². The van der Waals surface area contributed by atoms with Crippen LogP contribution >= 0.6 is 0 Å². The number of ether oxygens (including phenoxy) is 1. The first kappa shape index (κ1) is 18.1. The zero-order valence-corrected chi connectivity index (χ0v) is 13.9. The first-order valence-corrected chi connectivity index (χ1v) is 8.15. The van der Waals surface area contributed by atoms with Gasteiger partial charge in [0, 0.05) is 0 Å². The van der Waals surface area contributed by atoms with Gasteiger partial charge in [-0.05, 0) is 18.4 Å². The van der Waals surface area contributed by atoms with Gasteiger partial charge in [-0.15, -0.1) is 0 Å². The maximum Gasteiger partial charge on any atom is 0.126 e. The van der Waals surface area contributed by atoms with Crippen LogP contribution < -0.4 is 0 Å². The van der Waals surface area contributed by atoms with Gasteiger partial charge in [0.15, 0.2) is 0 Å². The molecule has 0 heterocycles. The number of unbranched alkanes of at least 4 members (excludes halogenated alkanes) is 3. The molecule has 0 amide bonds. The molecule has 0 aliphatic rings. The van der Waals surface area contributed by atoms with Crippen molar-refractivity contribution in [2.75, 3.05) is 33.8 Å². The Hall–Kier alpha value is -0.900. The Labute approximate surface area is 130 Å². The molecule has 0 saturated heterocycles. The number of nitrogens with zero attached hydrogens (tertiary/aromatic N) is 1. The van der Waals surface area contributed by atoms with Gasteiger partial charge in [0.05, 0.1) is 33.9 Å². The zero-order chi connectivity index (χ0) is 15.6. The van der Waals surface area contributed by atoms with Crippen LogP contribution in [-0.2, 0) is 11.3 Å². The Kier molecular flexibility index (Phi) is 8.58. The van der Waals surface area contributed by atoms with Crippen molar-refractivity contribution in [1.29, 1.82) is 0 Å². The Morgan fingerprint density at radius 2 is 1.81 bits per heavy atom. The highest BCUT2D eigenvalue weighted by molar-refractivity contribution is 5.13. The van der Waals surface area contributed by atoms with Crippen LogP contribution in [-0.4, -0.2) is 49.5 Å². The predicted octanol–water partition coefficient (Wildman–Crippen LogP) is 3.22. The minimum Gasteiger partial charge on any atom is -0.385 e. The SMILES string of the molecule is CCCCCC[N+](C)(C)CC(O)COCc1ccccc1. The molecular formula is C18H32NO2+. The second-order valence-electron chi connectivity index (χ2n) is 6.56. The molecule has 0 radical (unpaired) electrons. The number of likely N-dealkylation sites (N-methyl/N-ethyl adjacent to an activating group) is 1. The third-order valence-corrected chi connectivity index (χ3v) is 3.74. The smallest absolute Gasteiger partial charge is 0.126 e. The first-order chi connectivity index (χ1) is 10.0. The maximum absolute atomic E-state index is 10.1. The van der Waals surface area contributed by atoms with E-state index in [4.69, 9.17) is 4.74 Å². The van der Waals surface area contributed by atoms with E-state index < -0.39 is 6.10 Å². The van der Waals surface area contributed by atoms with Gasteiger partial charge in [0.25, 0.3) is 0 Å². The molecule has 0 spiro atoms. The molecule has 21 heavy (non-hydrogen) atoms. The lowest BCUT2D eigenvalue weighted by Gasteiger charge is -2.31. The van der Waals surface area contributed by atoms with E-state index in [1.807, 2.05) is 30.3 Å². The van der Waals surface area contributed by atoms with Gasteiger partial charge in [0.2, 0.25) is 0 Å². The van der Waals surface area contributed by atoms with Crippen LogP contribution in [0.5, 0.6) is 0 Å². The van der Waals surface area contributed by atoms with Gasteiger partial charge in [-0.25, -0.2) is 0 Å². The lowest BCUT2D eigenvalue weighted by atomic mass is 10.2. The number of rotatable bonds is 11. The summed E-state index contributed by atoms with van der Waals surface area (Å²) >= 11 is 0. The van der Waals surface area contributed by atoms with Crippen LogP contribution in [0.1, 0.15) is 38.2 Å². The number of benzene rings is 1. The largest absolute Gasteiger partial charge is 0.385 e. The zero-order valence-electron chi connectivity index (χ0n) is 13.9. The summed E-state index contributed by atoms with van der Waals surface area (Å²) in [6.45, 7) is 5.08. The minimum atomic E-state index is -0.394. The molecule has 1 atom stereocenters. The molecule has 0 aromatic heterocycles. The van der Waals surface area contributed by atoms with Gasteiger partial charge < -0.3 is 14.3 Å². The Bertz CT molecular complexity index is 365. The Morgan fingerprint density at radius 3 is 2.48 bits per heavy atom. The van der Waals surface area contributed by atoms with E-state index in [1.165, 1.54) is 25.7 Å². The lowest BCUT2D eigenvalue weighted by molar-refractivity contribution is -0.893. The lowest BCUT2D eigenvalue weighted by Crippen LogP contribution is -2.47. The summed E-state index contributed by atoms with van der Waals surface area (Å²) in [5, 5.41) is 10.1. The second-order valence-corrected chi connectivity index (χ2v) is 6.56. The average molecular weight is 294 g/mol. The van der Waals surface area contributed by atoms with E-state index in [1.54, 1.807) is 0 Å². The fraction of sp³-hybridized carbons (Fsp3) is 0.667. The number of hydrogen-bond donors (Lipinski definition) is 1. The number of aliphatic hydroxyl groups is 1. The standard InChI is InChI=1S/C18H32NO2/c1-4-5-6-10-13-19(2,3)14-18(20)16-21-15-17-11-8-7-9-12-17/h7-9,11-12,18,20H,4-6,10,13-16H2,1-3H3/q+1. The van der Waals surface area contributed by atoms with Crippen LogP contribution in [0.4, 0.5) is 0 Å². The number of aliphatic hydroxyl groups excluding tert-OH is 1. The number of hydrogen-bond acceptors (Lipinski definition) is 2. The third-order valence-electron chi connectivity index (χ3n) is 3.74. The highest BCUT2D eigenvalue weighted by Crippen LogP contribution is 2.07. The van der Waals surface area contributed by atoms with E-state index in [0.717, 1.165) is 23.1 Å². The summed E-state index contributed by atoms with van der Waals surface area (Å²) in [6.07, 6.45) is 4.71. The van der Waals surface area contributed by atoms with Gasteiger partial charge in [0.1, 0.15) is 12.6 Å². The highest BCUT2D eigenvalue weighted by atomic mass is 16.5. The van der Waals surface area contributed by atoms with Crippen molar-refractivity contribution < 1.29 is 14.3 Å². The highest BCUT2D eigenvalue weighted by Gasteiger charge is 2.20. The summed E-state index contributed by atoms with van der Waals surface area (Å²) in [4.78, 5) is 0. The molecule has 0 fully saturated rings. The molecule has 3 heteroatoms. The third kappa shape index (κ3) is 8.86. The quantitative estimate of drug-likeness (QED) is 0.501. The molecule has 0 aliphatic carbocycles. The van der Waals surface area contributed by atoms with Crippen LogP contribution in [0, 0.1) is 0 Å². The fourth-order valence-corrected chi connectivity index (χ4v) is 2.57. The Balaban J connectivity index is 2.17. The molecule has 0 aliphatic heterocycles. The number of quaternary nitrogens is 1. The van der Waals surface area contributed by atoms with Gasteiger partial charge in [-0.3, -0.25) is 0 Å². The van der Waals surface area contributed by atoms with Crippen molar-refractivity contribution >= 4 is 0 Å². The van der Waals surface area contributed by atoms with E-state index >= 15 is 0 Å². The molecule has 0 saturated carbocycles. The Morgan fingerprint density at radius 1 is 1.10 bits per heavy atom. The van der Waals surface area contributed by atoms with Crippen molar-refractivity contribution in [3.63, 3.8) is 0 Å². The molecule has 1 aromatic rings. The molecule has 1 N–H and O–H groups in total. The van der Waals surface area contributed by atoms with Crippen molar-refractivity contribution in [3.8, 4) is 0 Å². The molecule has 3 nitrogen and oxygen atoms in total. The predicted molar refractivity (Wildman–Crippen MR) is 88.1 cm³/mol. The summed E-state index contributed by atoms with van der Waals surface area (Å²) in [6, 6.07) is 10.1. The second kappa shape index (κ2) is 9.93. The molecule has 0 bridgehead atoms. The van der Waals surface area contributed by atoms with Crippen LogP contribution in [0.3, 0.4) is 0 Å². The van der Waals surface area contributed by atoms with E-state index in [-0.39, 0.29) is 0 Å². The summed E-state index contributed by atoms with van der Waals surface area (Å²) < 4.78 is 6.47. The van der Waals surface area contributed by atoms with Crippen LogP contribution in [0.2, 0.25) is 0 Å². The van der Waals surface area contributed by atoms with Gasteiger partial charge in [-0.2, -0.15) is 0 Å². The normalized spacial score (nSPS) is 13.3. The average Bonchev–Trinajstić information content (AvgIpc) is 2.44. The minimum absolute atomic E-state index is 0.394. The topological polar surface area (TPSA) is 29.5 Å². The molecule has 1 aromatic carbocycles.